The van der Waals surface area contributed by atoms with Crippen LogP contribution in [0.4, 0.5) is 0 Å². The number of hydrogen-bond acceptors (Lipinski definition) is 7. The fourth-order valence-electron chi connectivity index (χ4n) is 3.50. The summed E-state index contributed by atoms with van der Waals surface area (Å²) in [4.78, 5) is 11.8. The summed E-state index contributed by atoms with van der Waals surface area (Å²) in [6, 6.07) is 0. The molecular formula is C18H24N2O3S2. The largest absolute Gasteiger partial charge is 0.390 e. The molecule has 2 aromatic heterocycles. The molecule has 0 aromatic carbocycles. The Morgan fingerprint density at radius 1 is 1.36 bits per heavy atom. The Kier molecular flexibility index (Phi) is 5.57. The average molecular weight is 381 g/mol. The van der Waals surface area contributed by atoms with Gasteiger partial charge in [-0.1, -0.05) is 0 Å². The average Bonchev–Trinajstić information content (AvgIpc) is 3.29. The molecular weight excluding hydrogens is 356 g/mol. The van der Waals surface area contributed by atoms with Gasteiger partial charge in [-0.05, 0) is 44.6 Å². The van der Waals surface area contributed by atoms with Crippen molar-refractivity contribution in [1.82, 2.24) is 9.97 Å². The van der Waals surface area contributed by atoms with Crippen LogP contribution in [0.2, 0.25) is 0 Å². The maximum absolute atomic E-state index is 10.2. The molecule has 2 atom stereocenters. The van der Waals surface area contributed by atoms with E-state index in [4.69, 9.17) is 9.47 Å². The van der Waals surface area contributed by atoms with Gasteiger partial charge in [0, 0.05) is 22.6 Å². The molecule has 3 heterocycles. The second-order valence-electron chi connectivity index (χ2n) is 6.75. The standard InChI is InChI=1S/C18H24N2O3S2/c1-11-19-17(16-14-5-2-6-15(14)25-18(16)20-11)24-10-12(21)8-22-9-13-4-3-7-23-13/h12-13,21H,2-10H2,1H3. The van der Waals surface area contributed by atoms with Crippen LogP contribution in [0.3, 0.4) is 0 Å². The number of rotatable bonds is 7. The van der Waals surface area contributed by atoms with Crippen molar-refractivity contribution < 1.29 is 14.6 Å². The topological polar surface area (TPSA) is 64.5 Å². The summed E-state index contributed by atoms with van der Waals surface area (Å²) in [5.41, 5.74) is 1.44. The van der Waals surface area contributed by atoms with E-state index in [9.17, 15) is 5.11 Å². The molecule has 1 aliphatic heterocycles. The van der Waals surface area contributed by atoms with Crippen LogP contribution in [0.25, 0.3) is 10.2 Å². The molecule has 0 bridgehead atoms. The van der Waals surface area contributed by atoms with Crippen molar-refractivity contribution in [2.24, 2.45) is 0 Å². The van der Waals surface area contributed by atoms with Gasteiger partial charge >= 0.3 is 0 Å². The van der Waals surface area contributed by atoms with Crippen molar-refractivity contribution in [3.8, 4) is 0 Å². The lowest BCUT2D eigenvalue weighted by Crippen LogP contribution is -2.22. The van der Waals surface area contributed by atoms with Crippen LogP contribution in [0, 0.1) is 6.92 Å². The minimum absolute atomic E-state index is 0.206. The SMILES string of the molecule is Cc1nc(SCC(O)COCC2CCCO2)c2c3c(sc2n1)CCC3. The van der Waals surface area contributed by atoms with E-state index < -0.39 is 6.10 Å². The number of ether oxygens (including phenoxy) is 2. The Hall–Kier alpha value is -0.730. The molecule has 0 spiro atoms. The zero-order chi connectivity index (χ0) is 17.2. The molecule has 2 unspecified atom stereocenters. The molecule has 1 aliphatic carbocycles. The van der Waals surface area contributed by atoms with Crippen LogP contribution in [-0.4, -0.2) is 52.9 Å². The summed E-state index contributed by atoms with van der Waals surface area (Å²) in [7, 11) is 0. The second-order valence-corrected chi connectivity index (χ2v) is 8.84. The molecule has 0 amide bonds. The fourth-order valence-corrected chi connectivity index (χ4v) is 5.88. The second kappa shape index (κ2) is 7.88. The van der Waals surface area contributed by atoms with Crippen molar-refractivity contribution in [2.75, 3.05) is 25.6 Å². The first-order chi connectivity index (χ1) is 12.2. The Balaban J connectivity index is 1.37. The van der Waals surface area contributed by atoms with Gasteiger partial charge in [-0.15, -0.1) is 23.1 Å². The number of hydrogen-bond donors (Lipinski definition) is 1. The number of fused-ring (bicyclic) bond motifs is 3. The van der Waals surface area contributed by atoms with E-state index in [0.717, 1.165) is 41.6 Å². The Morgan fingerprint density at radius 3 is 3.12 bits per heavy atom. The summed E-state index contributed by atoms with van der Waals surface area (Å²) in [6.07, 6.45) is 5.41. The molecule has 4 rings (SSSR count). The van der Waals surface area contributed by atoms with Crippen molar-refractivity contribution in [3.05, 3.63) is 16.3 Å². The molecule has 136 valence electrons. The molecule has 5 nitrogen and oxygen atoms in total. The maximum Gasteiger partial charge on any atom is 0.128 e. The third kappa shape index (κ3) is 4.01. The first-order valence-electron chi connectivity index (χ1n) is 9.00. The van der Waals surface area contributed by atoms with Gasteiger partial charge < -0.3 is 14.6 Å². The molecule has 1 saturated heterocycles. The van der Waals surface area contributed by atoms with Gasteiger partial charge in [0.2, 0.25) is 0 Å². The summed E-state index contributed by atoms with van der Waals surface area (Å²) in [5, 5.41) is 12.5. The van der Waals surface area contributed by atoms with E-state index in [1.165, 1.54) is 28.7 Å². The van der Waals surface area contributed by atoms with Gasteiger partial charge in [0.15, 0.2) is 0 Å². The van der Waals surface area contributed by atoms with E-state index in [2.05, 4.69) is 9.97 Å². The molecule has 25 heavy (non-hydrogen) atoms. The molecule has 0 radical (unpaired) electrons. The van der Waals surface area contributed by atoms with Gasteiger partial charge in [-0.25, -0.2) is 9.97 Å². The molecule has 1 fully saturated rings. The van der Waals surface area contributed by atoms with Crippen LogP contribution in [-0.2, 0) is 22.3 Å². The van der Waals surface area contributed by atoms with Crippen LogP contribution < -0.4 is 0 Å². The summed E-state index contributed by atoms with van der Waals surface area (Å²) >= 11 is 3.43. The van der Waals surface area contributed by atoms with Gasteiger partial charge in [-0.3, -0.25) is 0 Å². The van der Waals surface area contributed by atoms with E-state index in [1.807, 2.05) is 18.3 Å². The number of aliphatic hydroxyl groups excluding tert-OH is 1. The Morgan fingerprint density at radius 2 is 2.28 bits per heavy atom. The first-order valence-corrected chi connectivity index (χ1v) is 10.8. The van der Waals surface area contributed by atoms with Gasteiger partial charge in [0.25, 0.3) is 0 Å². The van der Waals surface area contributed by atoms with Crippen molar-refractivity contribution in [2.45, 2.75) is 56.3 Å². The summed E-state index contributed by atoms with van der Waals surface area (Å²) in [6.45, 7) is 3.70. The quantitative estimate of drug-likeness (QED) is 0.588. The highest BCUT2D eigenvalue weighted by Gasteiger charge is 2.22. The predicted molar refractivity (Wildman–Crippen MR) is 101 cm³/mol. The van der Waals surface area contributed by atoms with Crippen LogP contribution in [0.1, 0.15) is 35.5 Å². The molecule has 1 N–H and O–H groups in total. The summed E-state index contributed by atoms with van der Waals surface area (Å²) in [5.74, 6) is 1.39. The third-order valence-corrected chi connectivity index (χ3v) is 7.00. The van der Waals surface area contributed by atoms with Crippen molar-refractivity contribution >= 4 is 33.3 Å². The van der Waals surface area contributed by atoms with Gasteiger partial charge in [0.05, 0.1) is 25.4 Å². The highest BCUT2D eigenvalue weighted by Crippen LogP contribution is 2.40. The van der Waals surface area contributed by atoms with E-state index in [-0.39, 0.29) is 6.10 Å². The minimum Gasteiger partial charge on any atom is -0.390 e. The number of aryl methyl sites for hydroxylation is 3. The number of thiophene rings is 1. The predicted octanol–water partition coefficient (Wildman–Crippen LogP) is 3.14. The summed E-state index contributed by atoms with van der Waals surface area (Å²) < 4.78 is 11.2. The number of nitrogens with zero attached hydrogens (tertiary/aromatic N) is 2. The van der Waals surface area contributed by atoms with Crippen LogP contribution in [0.5, 0.6) is 0 Å². The number of thioether (sulfide) groups is 1. The maximum atomic E-state index is 10.2. The Labute approximate surface area is 156 Å². The number of aromatic nitrogens is 2. The highest BCUT2D eigenvalue weighted by atomic mass is 32.2. The van der Waals surface area contributed by atoms with Crippen molar-refractivity contribution in [1.29, 1.82) is 0 Å². The zero-order valence-electron chi connectivity index (χ0n) is 14.5. The lowest BCUT2D eigenvalue weighted by atomic mass is 10.2. The Bertz CT molecular complexity index is 743. The lowest BCUT2D eigenvalue weighted by molar-refractivity contribution is -0.0114. The van der Waals surface area contributed by atoms with Crippen molar-refractivity contribution in [3.63, 3.8) is 0 Å². The lowest BCUT2D eigenvalue weighted by Gasteiger charge is -2.14. The monoisotopic (exact) mass is 380 g/mol. The minimum atomic E-state index is -0.497. The third-order valence-electron chi connectivity index (χ3n) is 4.69. The van der Waals surface area contributed by atoms with E-state index in [0.29, 0.717) is 19.0 Å². The zero-order valence-corrected chi connectivity index (χ0v) is 16.1. The van der Waals surface area contributed by atoms with E-state index in [1.54, 1.807) is 11.8 Å². The molecule has 7 heteroatoms. The molecule has 2 aromatic rings. The van der Waals surface area contributed by atoms with Crippen LogP contribution in [0.15, 0.2) is 5.03 Å². The molecule has 2 aliphatic rings. The highest BCUT2D eigenvalue weighted by molar-refractivity contribution is 7.99. The molecule has 0 saturated carbocycles. The number of aliphatic hydroxyl groups is 1. The van der Waals surface area contributed by atoms with Crippen LogP contribution >= 0.6 is 23.1 Å². The first kappa shape index (κ1) is 17.7. The van der Waals surface area contributed by atoms with Gasteiger partial charge in [-0.2, -0.15) is 0 Å². The fraction of sp³-hybridized carbons (Fsp3) is 0.667. The van der Waals surface area contributed by atoms with Gasteiger partial charge in [0.1, 0.15) is 15.7 Å². The normalized spacial score (nSPS) is 21.1. The van der Waals surface area contributed by atoms with E-state index >= 15 is 0 Å². The smallest absolute Gasteiger partial charge is 0.128 e.